The molecule has 0 aliphatic heterocycles. The van der Waals surface area contributed by atoms with Crippen LogP contribution in [0.3, 0.4) is 0 Å². The summed E-state index contributed by atoms with van der Waals surface area (Å²) in [5.74, 6) is 0.644. The fourth-order valence-electron chi connectivity index (χ4n) is 3.24. The first-order valence-electron chi connectivity index (χ1n) is 9.04. The topological polar surface area (TPSA) is 55.1 Å². The van der Waals surface area contributed by atoms with Gasteiger partial charge in [0.15, 0.2) is 0 Å². The number of hydrogen-bond donors (Lipinski definition) is 2. The molecule has 3 N–H and O–H groups in total. The Morgan fingerprint density at radius 1 is 0.778 bits per heavy atom. The molecule has 0 fully saturated rings. The molecule has 0 heterocycles. The maximum absolute atomic E-state index is 11.5. The zero-order valence-electron chi connectivity index (χ0n) is 15.2. The van der Waals surface area contributed by atoms with Crippen LogP contribution in [0.5, 0.6) is 0 Å². The zero-order valence-corrected chi connectivity index (χ0v) is 16.0. The summed E-state index contributed by atoms with van der Waals surface area (Å²) in [7, 11) is 0. The number of benzene rings is 3. The third-order valence-electron chi connectivity index (χ3n) is 4.47. The average molecular weight is 377 g/mol. The van der Waals surface area contributed by atoms with Crippen molar-refractivity contribution < 1.29 is 4.79 Å². The van der Waals surface area contributed by atoms with Crippen molar-refractivity contribution in [1.82, 2.24) is 5.32 Å². The molecule has 138 valence electrons. The molecule has 0 saturated carbocycles. The third kappa shape index (κ3) is 4.41. The van der Waals surface area contributed by atoms with Gasteiger partial charge in [-0.15, -0.1) is 11.8 Å². The van der Waals surface area contributed by atoms with Crippen molar-refractivity contribution in [2.24, 2.45) is 5.73 Å². The molecule has 1 amide bonds. The summed E-state index contributed by atoms with van der Waals surface area (Å²) >= 11 is 1.83. The van der Waals surface area contributed by atoms with Crippen LogP contribution in [-0.4, -0.2) is 24.7 Å². The van der Waals surface area contributed by atoms with Crippen LogP contribution >= 0.6 is 11.8 Å². The zero-order chi connectivity index (χ0) is 19.0. The molecule has 3 aromatic carbocycles. The van der Waals surface area contributed by atoms with Crippen LogP contribution in [0, 0.1) is 0 Å². The number of carbonyl (C=O) groups is 1. The maximum Gasteiger partial charge on any atom is 0.233 e. The second-order valence-electron chi connectivity index (χ2n) is 6.18. The minimum absolute atomic E-state index is 0.0197. The van der Waals surface area contributed by atoms with Gasteiger partial charge in [-0.1, -0.05) is 91.0 Å². The van der Waals surface area contributed by atoms with Crippen molar-refractivity contribution in [3.8, 4) is 0 Å². The van der Waals surface area contributed by atoms with Crippen LogP contribution in [-0.2, 0) is 9.54 Å². The average Bonchev–Trinajstić information content (AvgIpc) is 2.75. The van der Waals surface area contributed by atoms with Crippen LogP contribution in [0.25, 0.3) is 0 Å². The molecular formula is C23H24N2OS. The van der Waals surface area contributed by atoms with E-state index in [0.717, 1.165) is 5.75 Å². The standard InChI is InChI=1S/C23H24N2OS/c24-18-22(26)25-16-17-27-23(19-10-4-1-5-11-19,20-12-6-2-7-13-20)21-14-8-3-9-15-21/h1-15H,16-18,24H2,(H,25,26). The van der Waals surface area contributed by atoms with E-state index in [0.29, 0.717) is 6.54 Å². The van der Waals surface area contributed by atoms with Crippen LogP contribution < -0.4 is 11.1 Å². The van der Waals surface area contributed by atoms with Gasteiger partial charge < -0.3 is 11.1 Å². The SMILES string of the molecule is NCC(=O)NCCSC(c1ccccc1)(c1ccccc1)c1ccccc1. The maximum atomic E-state index is 11.5. The lowest BCUT2D eigenvalue weighted by Gasteiger charge is -2.35. The molecule has 3 nitrogen and oxygen atoms in total. The van der Waals surface area contributed by atoms with Crippen LogP contribution in [0.2, 0.25) is 0 Å². The minimum Gasteiger partial charge on any atom is -0.354 e. The number of amides is 1. The Kier molecular flexibility index (Phi) is 6.69. The van der Waals surface area contributed by atoms with Gasteiger partial charge in [0.2, 0.25) is 5.91 Å². The predicted molar refractivity (Wildman–Crippen MR) is 114 cm³/mol. The molecule has 0 bridgehead atoms. The van der Waals surface area contributed by atoms with Gasteiger partial charge in [0.1, 0.15) is 0 Å². The van der Waals surface area contributed by atoms with Crippen molar-refractivity contribution in [1.29, 1.82) is 0 Å². The number of rotatable bonds is 8. The van der Waals surface area contributed by atoms with Crippen LogP contribution in [0.15, 0.2) is 91.0 Å². The molecular weight excluding hydrogens is 352 g/mol. The summed E-state index contributed by atoms with van der Waals surface area (Å²) in [6.45, 7) is 0.598. The smallest absolute Gasteiger partial charge is 0.233 e. The molecule has 0 atom stereocenters. The van der Waals surface area contributed by atoms with Gasteiger partial charge in [-0.25, -0.2) is 0 Å². The van der Waals surface area contributed by atoms with E-state index in [1.54, 1.807) is 0 Å². The fraction of sp³-hybridized carbons (Fsp3) is 0.174. The fourth-order valence-corrected chi connectivity index (χ4v) is 4.65. The van der Waals surface area contributed by atoms with E-state index in [1.807, 2.05) is 30.0 Å². The van der Waals surface area contributed by atoms with Gasteiger partial charge in [-0.05, 0) is 16.7 Å². The highest BCUT2D eigenvalue weighted by molar-refractivity contribution is 8.00. The molecule has 0 saturated heterocycles. The first-order chi connectivity index (χ1) is 13.3. The molecule has 0 aliphatic carbocycles. The molecule has 0 spiro atoms. The molecule has 0 aliphatic rings. The molecule has 4 heteroatoms. The Morgan fingerprint density at radius 2 is 1.19 bits per heavy atom. The molecule has 3 rings (SSSR count). The van der Waals surface area contributed by atoms with E-state index in [-0.39, 0.29) is 17.2 Å². The lowest BCUT2D eigenvalue weighted by molar-refractivity contribution is -0.119. The molecule has 0 radical (unpaired) electrons. The summed E-state index contributed by atoms with van der Waals surface area (Å²) in [6, 6.07) is 31.6. The third-order valence-corrected chi connectivity index (χ3v) is 6.02. The molecule has 0 unspecified atom stereocenters. The predicted octanol–water partition coefficient (Wildman–Crippen LogP) is 3.79. The van der Waals surface area contributed by atoms with Crippen molar-refractivity contribution in [2.45, 2.75) is 4.75 Å². The first-order valence-corrected chi connectivity index (χ1v) is 10.0. The summed E-state index contributed by atoms with van der Waals surface area (Å²) in [6.07, 6.45) is 0. The monoisotopic (exact) mass is 376 g/mol. The number of carbonyl (C=O) groups excluding carboxylic acids is 1. The van der Waals surface area contributed by atoms with Gasteiger partial charge in [0.05, 0.1) is 11.3 Å². The van der Waals surface area contributed by atoms with E-state index < -0.39 is 0 Å². The molecule has 27 heavy (non-hydrogen) atoms. The van der Waals surface area contributed by atoms with Crippen molar-refractivity contribution in [3.63, 3.8) is 0 Å². The first kappa shape index (κ1) is 19.2. The van der Waals surface area contributed by atoms with E-state index in [4.69, 9.17) is 5.73 Å². The second-order valence-corrected chi connectivity index (χ2v) is 7.49. The summed E-state index contributed by atoms with van der Waals surface area (Å²) in [5.41, 5.74) is 9.05. The highest BCUT2D eigenvalue weighted by Gasteiger charge is 2.36. The summed E-state index contributed by atoms with van der Waals surface area (Å²) in [5, 5.41) is 2.87. The lowest BCUT2D eigenvalue weighted by atomic mass is 9.84. The largest absolute Gasteiger partial charge is 0.354 e. The molecule has 3 aromatic rings. The van der Waals surface area contributed by atoms with Gasteiger partial charge in [-0.3, -0.25) is 4.79 Å². The highest BCUT2D eigenvalue weighted by atomic mass is 32.2. The number of thioether (sulfide) groups is 1. The Bertz CT molecular complexity index is 741. The second kappa shape index (κ2) is 9.40. The van der Waals surface area contributed by atoms with E-state index in [9.17, 15) is 4.79 Å². The Labute approximate surface area is 165 Å². The van der Waals surface area contributed by atoms with E-state index in [2.05, 4.69) is 78.1 Å². The van der Waals surface area contributed by atoms with E-state index in [1.165, 1.54) is 16.7 Å². The number of nitrogens with one attached hydrogen (secondary N) is 1. The Morgan fingerprint density at radius 3 is 1.56 bits per heavy atom. The van der Waals surface area contributed by atoms with Gasteiger partial charge in [0.25, 0.3) is 0 Å². The van der Waals surface area contributed by atoms with Crippen LogP contribution in [0.4, 0.5) is 0 Å². The highest BCUT2D eigenvalue weighted by Crippen LogP contribution is 2.48. The number of hydrogen-bond acceptors (Lipinski definition) is 3. The normalized spacial score (nSPS) is 11.1. The van der Waals surface area contributed by atoms with Crippen molar-refractivity contribution in [3.05, 3.63) is 108 Å². The summed E-state index contributed by atoms with van der Waals surface area (Å²) in [4.78, 5) is 11.5. The van der Waals surface area contributed by atoms with E-state index >= 15 is 0 Å². The Hall–Kier alpha value is -2.56. The van der Waals surface area contributed by atoms with Crippen LogP contribution in [0.1, 0.15) is 16.7 Å². The quantitative estimate of drug-likeness (QED) is 0.465. The van der Waals surface area contributed by atoms with Crippen molar-refractivity contribution in [2.75, 3.05) is 18.8 Å². The number of nitrogens with two attached hydrogens (primary N) is 1. The van der Waals surface area contributed by atoms with Crippen molar-refractivity contribution >= 4 is 17.7 Å². The Balaban J connectivity index is 2.04. The lowest BCUT2D eigenvalue weighted by Crippen LogP contribution is -2.33. The summed E-state index contributed by atoms with van der Waals surface area (Å²) < 4.78 is -0.350. The van der Waals surface area contributed by atoms with Gasteiger partial charge in [-0.2, -0.15) is 0 Å². The van der Waals surface area contributed by atoms with Gasteiger partial charge >= 0.3 is 0 Å². The van der Waals surface area contributed by atoms with Gasteiger partial charge in [0, 0.05) is 12.3 Å². The minimum atomic E-state index is -0.350. The molecule has 0 aromatic heterocycles.